The van der Waals surface area contributed by atoms with E-state index < -0.39 is 11.6 Å². The number of aliphatic hydroxyl groups is 1. The SMILES string of the molecule is OCc1c(C2CCCC2)nn(-c2ccc(F)cc2F)c1Cl. The van der Waals surface area contributed by atoms with Gasteiger partial charge in [-0.05, 0) is 25.0 Å². The van der Waals surface area contributed by atoms with E-state index in [0.717, 1.165) is 43.5 Å². The minimum absolute atomic E-state index is 0.0837. The van der Waals surface area contributed by atoms with Crippen molar-refractivity contribution in [1.29, 1.82) is 0 Å². The molecule has 3 rings (SSSR count). The minimum Gasteiger partial charge on any atom is -0.391 e. The summed E-state index contributed by atoms with van der Waals surface area (Å²) in [6.45, 7) is -0.243. The summed E-state index contributed by atoms with van der Waals surface area (Å²) in [5.41, 5.74) is 1.34. The first kappa shape index (κ1) is 14.5. The molecule has 1 heterocycles. The van der Waals surface area contributed by atoms with E-state index in [0.29, 0.717) is 5.56 Å². The van der Waals surface area contributed by atoms with Gasteiger partial charge in [0.2, 0.25) is 0 Å². The number of rotatable bonds is 3. The van der Waals surface area contributed by atoms with Gasteiger partial charge in [-0.15, -0.1) is 0 Å². The molecule has 1 aliphatic rings. The maximum absolute atomic E-state index is 13.9. The van der Waals surface area contributed by atoms with E-state index in [-0.39, 0.29) is 23.4 Å². The van der Waals surface area contributed by atoms with Crippen LogP contribution in [0.4, 0.5) is 8.78 Å². The summed E-state index contributed by atoms with van der Waals surface area (Å²) in [4.78, 5) is 0. The third-order valence-electron chi connectivity index (χ3n) is 3.99. The Kier molecular flexibility index (Phi) is 3.95. The van der Waals surface area contributed by atoms with Crippen molar-refractivity contribution in [3.63, 3.8) is 0 Å². The molecule has 21 heavy (non-hydrogen) atoms. The van der Waals surface area contributed by atoms with Crippen LogP contribution in [0.25, 0.3) is 5.69 Å². The summed E-state index contributed by atoms with van der Waals surface area (Å²) in [6, 6.07) is 3.24. The van der Waals surface area contributed by atoms with Gasteiger partial charge >= 0.3 is 0 Å². The van der Waals surface area contributed by atoms with Crippen molar-refractivity contribution in [1.82, 2.24) is 9.78 Å². The van der Waals surface area contributed by atoms with Crippen LogP contribution in [0.3, 0.4) is 0 Å². The molecule has 0 spiro atoms. The first-order valence-corrected chi connectivity index (χ1v) is 7.33. The monoisotopic (exact) mass is 312 g/mol. The molecule has 1 aromatic carbocycles. The van der Waals surface area contributed by atoms with Crippen molar-refractivity contribution in [3.05, 3.63) is 46.2 Å². The Hall–Kier alpha value is -1.46. The Balaban J connectivity index is 2.10. The van der Waals surface area contributed by atoms with Crippen molar-refractivity contribution in [2.24, 2.45) is 0 Å². The van der Waals surface area contributed by atoms with Gasteiger partial charge in [0, 0.05) is 17.5 Å². The Morgan fingerprint density at radius 3 is 2.62 bits per heavy atom. The zero-order valence-electron chi connectivity index (χ0n) is 11.3. The van der Waals surface area contributed by atoms with Crippen molar-refractivity contribution >= 4 is 11.6 Å². The average Bonchev–Trinajstić information content (AvgIpc) is 3.07. The first-order valence-electron chi connectivity index (χ1n) is 6.95. The van der Waals surface area contributed by atoms with E-state index in [1.54, 1.807) is 0 Å². The van der Waals surface area contributed by atoms with E-state index in [1.807, 2.05) is 0 Å². The van der Waals surface area contributed by atoms with Crippen LogP contribution < -0.4 is 0 Å². The summed E-state index contributed by atoms with van der Waals surface area (Å²) in [6.07, 6.45) is 4.22. The van der Waals surface area contributed by atoms with Crippen molar-refractivity contribution in [3.8, 4) is 5.69 Å². The number of hydrogen-bond donors (Lipinski definition) is 1. The fourth-order valence-electron chi connectivity index (χ4n) is 2.93. The zero-order valence-corrected chi connectivity index (χ0v) is 12.1. The fourth-order valence-corrected chi connectivity index (χ4v) is 3.22. The quantitative estimate of drug-likeness (QED) is 0.931. The number of aliphatic hydroxyl groups excluding tert-OH is 1. The van der Waals surface area contributed by atoms with Crippen molar-refractivity contribution in [2.75, 3.05) is 0 Å². The molecule has 1 fully saturated rings. The fraction of sp³-hybridized carbons (Fsp3) is 0.400. The zero-order chi connectivity index (χ0) is 15.0. The highest BCUT2D eigenvalue weighted by Crippen LogP contribution is 2.38. The van der Waals surface area contributed by atoms with Crippen LogP contribution in [0.1, 0.15) is 42.9 Å². The maximum atomic E-state index is 13.9. The number of halogens is 3. The second kappa shape index (κ2) is 5.73. The predicted octanol–water partition coefficient (Wildman–Crippen LogP) is 3.95. The lowest BCUT2D eigenvalue weighted by atomic mass is 10.0. The molecular weight excluding hydrogens is 298 g/mol. The Labute approximate surface area is 126 Å². The van der Waals surface area contributed by atoms with Gasteiger partial charge in [-0.25, -0.2) is 13.5 Å². The van der Waals surface area contributed by atoms with Crippen LogP contribution in [0.2, 0.25) is 5.15 Å². The van der Waals surface area contributed by atoms with Crippen molar-refractivity contribution in [2.45, 2.75) is 38.2 Å². The largest absolute Gasteiger partial charge is 0.391 e. The smallest absolute Gasteiger partial charge is 0.151 e. The summed E-state index contributed by atoms with van der Waals surface area (Å²) in [5.74, 6) is -1.14. The van der Waals surface area contributed by atoms with Crippen LogP contribution in [0.15, 0.2) is 18.2 Å². The molecular formula is C15H15ClF2N2O. The topological polar surface area (TPSA) is 38.1 Å². The Morgan fingerprint density at radius 1 is 1.29 bits per heavy atom. The van der Waals surface area contributed by atoms with Gasteiger partial charge in [-0.1, -0.05) is 24.4 Å². The van der Waals surface area contributed by atoms with Crippen LogP contribution >= 0.6 is 11.6 Å². The molecule has 0 saturated heterocycles. The molecule has 6 heteroatoms. The molecule has 1 N–H and O–H groups in total. The second-order valence-corrected chi connectivity index (χ2v) is 5.66. The van der Waals surface area contributed by atoms with Gasteiger partial charge in [0.05, 0.1) is 12.3 Å². The van der Waals surface area contributed by atoms with Crippen molar-refractivity contribution < 1.29 is 13.9 Å². The summed E-state index contributed by atoms with van der Waals surface area (Å²) in [5, 5.41) is 14.1. The lowest BCUT2D eigenvalue weighted by Gasteiger charge is -2.06. The van der Waals surface area contributed by atoms with Crippen LogP contribution in [0, 0.1) is 11.6 Å². The summed E-state index contributed by atoms with van der Waals surface area (Å²) >= 11 is 6.23. The van der Waals surface area contributed by atoms with Crippen LogP contribution in [0.5, 0.6) is 0 Å². The van der Waals surface area contributed by atoms with Gasteiger partial charge in [-0.3, -0.25) is 0 Å². The number of benzene rings is 1. The molecule has 112 valence electrons. The molecule has 0 unspecified atom stereocenters. The third kappa shape index (κ3) is 2.56. The molecule has 1 aromatic heterocycles. The Bertz CT molecular complexity index is 666. The lowest BCUT2D eigenvalue weighted by Crippen LogP contribution is -2.02. The summed E-state index contributed by atoms with van der Waals surface area (Å²) in [7, 11) is 0. The average molecular weight is 313 g/mol. The predicted molar refractivity (Wildman–Crippen MR) is 75.6 cm³/mol. The molecule has 3 nitrogen and oxygen atoms in total. The maximum Gasteiger partial charge on any atom is 0.151 e. The minimum atomic E-state index is -0.734. The Morgan fingerprint density at radius 2 is 2.00 bits per heavy atom. The van der Waals surface area contributed by atoms with E-state index >= 15 is 0 Å². The molecule has 1 saturated carbocycles. The van der Waals surface area contributed by atoms with E-state index in [2.05, 4.69) is 5.10 Å². The second-order valence-electron chi connectivity index (χ2n) is 5.30. The molecule has 0 atom stereocenters. The van der Waals surface area contributed by atoms with Gasteiger partial charge in [0.1, 0.15) is 16.7 Å². The molecule has 0 aliphatic heterocycles. The molecule has 0 radical (unpaired) electrons. The number of aromatic nitrogens is 2. The third-order valence-corrected chi connectivity index (χ3v) is 4.38. The molecule has 1 aliphatic carbocycles. The highest BCUT2D eigenvalue weighted by atomic mass is 35.5. The molecule has 0 bridgehead atoms. The number of nitrogens with zero attached hydrogens (tertiary/aromatic N) is 2. The van der Waals surface area contributed by atoms with Gasteiger partial charge in [0.25, 0.3) is 0 Å². The van der Waals surface area contributed by atoms with Gasteiger partial charge in [-0.2, -0.15) is 5.10 Å². The van der Waals surface area contributed by atoms with E-state index in [1.165, 1.54) is 10.7 Å². The van der Waals surface area contributed by atoms with E-state index in [4.69, 9.17) is 11.6 Å². The molecule has 2 aromatic rings. The standard InChI is InChI=1S/C15H15ClF2N2O/c16-15-11(8-21)14(9-3-1-2-4-9)19-20(15)13-6-5-10(17)7-12(13)18/h5-7,9,21H,1-4,8H2. The highest BCUT2D eigenvalue weighted by molar-refractivity contribution is 6.30. The lowest BCUT2D eigenvalue weighted by molar-refractivity contribution is 0.280. The highest BCUT2D eigenvalue weighted by Gasteiger charge is 2.27. The summed E-state index contributed by atoms with van der Waals surface area (Å²) < 4.78 is 28.2. The van der Waals surface area contributed by atoms with Crippen LogP contribution in [-0.4, -0.2) is 14.9 Å². The number of hydrogen-bond acceptors (Lipinski definition) is 2. The van der Waals surface area contributed by atoms with E-state index in [9.17, 15) is 13.9 Å². The van der Waals surface area contributed by atoms with Gasteiger partial charge in [0.15, 0.2) is 5.82 Å². The normalized spacial score (nSPS) is 15.8. The van der Waals surface area contributed by atoms with Gasteiger partial charge < -0.3 is 5.11 Å². The van der Waals surface area contributed by atoms with Crippen LogP contribution in [-0.2, 0) is 6.61 Å². The molecule has 0 amide bonds. The first-order chi connectivity index (χ1) is 10.1.